The van der Waals surface area contributed by atoms with Crippen molar-refractivity contribution >= 4 is 111 Å². The quantitative estimate of drug-likeness (QED) is 0.133. The van der Waals surface area contributed by atoms with Crippen LogP contribution in [0.3, 0.4) is 0 Å². The number of hydrogen-bond donors (Lipinski definition) is 0. The van der Waals surface area contributed by atoms with Gasteiger partial charge in [-0.15, -0.1) is 0 Å². The van der Waals surface area contributed by atoms with Crippen molar-refractivity contribution in [1.82, 2.24) is 0 Å². The van der Waals surface area contributed by atoms with Gasteiger partial charge in [-0.3, -0.25) is 0 Å². The van der Waals surface area contributed by atoms with Crippen molar-refractivity contribution in [3.8, 4) is 0 Å². The van der Waals surface area contributed by atoms with Gasteiger partial charge in [0.25, 0.3) is 6.71 Å². The molecule has 0 spiro atoms. The average Bonchev–Trinajstić information content (AvgIpc) is 3.23. The molecule has 2 nitrogen and oxygen atoms in total. The highest BCUT2D eigenvalue weighted by molar-refractivity contribution is 7.00. The van der Waals surface area contributed by atoms with E-state index in [2.05, 4.69) is 198 Å². The molecule has 2 aliphatic heterocycles. The predicted octanol–water partition coefficient (Wildman–Crippen LogP) is 11.5. The summed E-state index contributed by atoms with van der Waals surface area (Å²) in [5.74, 6) is 0. The van der Waals surface area contributed by atoms with Gasteiger partial charge in [0.1, 0.15) is 0 Å². The maximum atomic E-state index is 2.53. The van der Waals surface area contributed by atoms with Crippen LogP contribution in [-0.4, -0.2) is 6.71 Å². The van der Waals surface area contributed by atoms with Gasteiger partial charge in [-0.2, -0.15) is 0 Å². The Balaban J connectivity index is 1.23. The minimum atomic E-state index is 0.0405. The highest BCUT2D eigenvalue weighted by Gasteiger charge is 2.44. The molecule has 0 unspecified atom stereocenters. The molecule has 0 saturated carbocycles. The van der Waals surface area contributed by atoms with E-state index in [1.807, 2.05) is 0 Å². The Labute approximate surface area is 307 Å². The molecule has 53 heavy (non-hydrogen) atoms. The van der Waals surface area contributed by atoms with Crippen molar-refractivity contribution in [2.75, 3.05) is 9.80 Å². The second kappa shape index (κ2) is 10.8. The zero-order valence-electron chi connectivity index (χ0n) is 28.9. The lowest BCUT2D eigenvalue weighted by atomic mass is 9.33. The molecule has 0 bridgehead atoms. The zero-order valence-corrected chi connectivity index (χ0v) is 28.9. The molecule has 2 aliphatic rings. The van der Waals surface area contributed by atoms with Gasteiger partial charge in [0.2, 0.25) is 0 Å². The maximum absolute atomic E-state index is 2.53. The van der Waals surface area contributed by atoms with Crippen molar-refractivity contribution in [2.45, 2.75) is 0 Å². The van der Waals surface area contributed by atoms with E-state index >= 15 is 0 Å². The fourth-order valence-electron chi connectivity index (χ4n) is 9.60. The fraction of sp³-hybridized carbons (Fsp3) is 0. The van der Waals surface area contributed by atoms with E-state index in [0.29, 0.717) is 0 Å². The highest BCUT2D eigenvalue weighted by atomic mass is 15.2. The van der Waals surface area contributed by atoms with Gasteiger partial charge in [0.15, 0.2) is 0 Å². The predicted molar refractivity (Wildman–Crippen MR) is 228 cm³/mol. The van der Waals surface area contributed by atoms with Crippen molar-refractivity contribution in [1.29, 1.82) is 0 Å². The van der Waals surface area contributed by atoms with Crippen molar-refractivity contribution in [3.63, 3.8) is 0 Å². The summed E-state index contributed by atoms with van der Waals surface area (Å²) in [6, 6.07) is 69.8. The molecule has 0 radical (unpaired) electrons. The first-order valence-electron chi connectivity index (χ1n) is 18.5. The van der Waals surface area contributed by atoms with Crippen molar-refractivity contribution in [2.24, 2.45) is 0 Å². The number of nitrogens with zero attached hydrogens (tertiary/aromatic N) is 2. The molecule has 0 N–H and O–H groups in total. The lowest BCUT2D eigenvalue weighted by Crippen LogP contribution is -2.61. The molecular weight excluding hydrogens is 639 g/mol. The summed E-state index contributed by atoms with van der Waals surface area (Å²) in [7, 11) is 0. The van der Waals surface area contributed by atoms with E-state index in [1.54, 1.807) is 0 Å². The highest BCUT2D eigenvalue weighted by Crippen LogP contribution is 2.48. The van der Waals surface area contributed by atoms with Crippen LogP contribution in [0.15, 0.2) is 188 Å². The van der Waals surface area contributed by atoms with Crippen LogP contribution in [-0.2, 0) is 0 Å². The third-order valence-corrected chi connectivity index (χ3v) is 11.8. The summed E-state index contributed by atoms with van der Waals surface area (Å²) in [5, 5.41) is 12.8. The second-order valence-electron chi connectivity index (χ2n) is 14.4. The molecule has 2 heterocycles. The molecule has 0 atom stereocenters. The van der Waals surface area contributed by atoms with E-state index in [1.165, 1.54) is 93.0 Å². The van der Waals surface area contributed by atoms with Gasteiger partial charge in [-0.05, 0) is 95.9 Å². The normalized spacial score (nSPS) is 13.2. The molecule has 0 saturated heterocycles. The van der Waals surface area contributed by atoms with Gasteiger partial charge >= 0.3 is 0 Å². The standard InChI is InChI=1S/C50H31BN2/c1-3-14-34(15-4-1)52-46-20-11-21-47-48(46)51(44-30-28-39-37-19-10-8-13-33(37)23-25-42(39)49(44)52)45-31-29-41-40-24-22-32-12-7-9-18-36(32)38(40)26-27-43(41)50(45)53(47)35-16-5-2-6-17-35/h1-31H. The van der Waals surface area contributed by atoms with Crippen molar-refractivity contribution in [3.05, 3.63) is 188 Å². The first-order valence-corrected chi connectivity index (χ1v) is 18.5. The van der Waals surface area contributed by atoms with Gasteiger partial charge in [0, 0.05) is 44.9 Å². The lowest BCUT2D eigenvalue weighted by molar-refractivity contribution is 1.27. The minimum absolute atomic E-state index is 0.0405. The summed E-state index contributed by atoms with van der Waals surface area (Å²) in [5.41, 5.74) is 11.3. The smallest absolute Gasteiger partial charge is 0.252 e. The molecule has 10 aromatic rings. The van der Waals surface area contributed by atoms with Gasteiger partial charge in [-0.1, -0.05) is 152 Å². The number of rotatable bonds is 2. The fourth-order valence-corrected chi connectivity index (χ4v) is 9.60. The molecule has 0 fully saturated rings. The Kier molecular flexibility index (Phi) is 5.89. The summed E-state index contributed by atoms with van der Waals surface area (Å²) in [6.07, 6.45) is 0. The molecule has 244 valence electrons. The molecule has 10 aromatic carbocycles. The van der Waals surface area contributed by atoms with Crippen LogP contribution in [0.5, 0.6) is 0 Å². The molecule has 3 heteroatoms. The van der Waals surface area contributed by atoms with Crippen LogP contribution in [0.1, 0.15) is 0 Å². The first kappa shape index (κ1) is 28.8. The molecule has 0 aromatic heterocycles. The van der Waals surface area contributed by atoms with Crippen molar-refractivity contribution < 1.29 is 0 Å². The maximum Gasteiger partial charge on any atom is 0.252 e. The minimum Gasteiger partial charge on any atom is -0.311 e. The summed E-state index contributed by atoms with van der Waals surface area (Å²) in [4.78, 5) is 5.05. The zero-order chi connectivity index (χ0) is 34.6. The van der Waals surface area contributed by atoms with Crippen LogP contribution in [0.2, 0.25) is 0 Å². The lowest BCUT2D eigenvalue weighted by Gasteiger charge is -2.44. The van der Waals surface area contributed by atoms with Crippen LogP contribution < -0.4 is 26.2 Å². The molecule has 12 rings (SSSR count). The Hall–Kier alpha value is -6.84. The molecular formula is C50H31BN2. The van der Waals surface area contributed by atoms with Crippen LogP contribution in [0.25, 0.3) is 53.9 Å². The molecule has 0 aliphatic carbocycles. The largest absolute Gasteiger partial charge is 0.311 e. The monoisotopic (exact) mass is 670 g/mol. The second-order valence-corrected chi connectivity index (χ2v) is 14.4. The van der Waals surface area contributed by atoms with Crippen LogP contribution in [0.4, 0.5) is 34.1 Å². The Morgan fingerprint density at radius 2 is 0.679 bits per heavy atom. The average molecular weight is 671 g/mol. The van der Waals surface area contributed by atoms with E-state index in [9.17, 15) is 0 Å². The number of para-hydroxylation sites is 2. The Morgan fingerprint density at radius 1 is 0.283 bits per heavy atom. The summed E-state index contributed by atoms with van der Waals surface area (Å²) >= 11 is 0. The number of fused-ring (bicyclic) bond motifs is 14. The SMILES string of the molecule is c1ccc(N2c3cccc4c3B(c3ccc5c(ccc6ccccc65)c32)c2ccc3c(ccc5c6ccccc6ccc35)c2N4c2ccccc2)cc1. The number of benzene rings is 10. The Bertz CT molecular complexity index is 3140. The molecule has 0 amide bonds. The van der Waals surface area contributed by atoms with E-state index in [-0.39, 0.29) is 6.71 Å². The van der Waals surface area contributed by atoms with Gasteiger partial charge in [0.05, 0.1) is 0 Å². The Morgan fingerprint density at radius 3 is 1.25 bits per heavy atom. The first-order chi connectivity index (χ1) is 26.3. The number of hydrogen-bond acceptors (Lipinski definition) is 2. The van der Waals surface area contributed by atoms with Gasteiger partial charge in [-0.25, -0.2) is 0 Å². The van der Waals surface area contributed by atoms with E-state index in [0.717, 1.165) is 11.4 Å². The summed E-state index contributed by atoms with van der Waals surface area (Å²) < 4.78 is 0. The van der Waals surface area contributed by atoms with Crippen LogP contribution in [0, 0.1) is 0 Å². The van der Waals surface area contributed by atoms with E-state index < -0.39 is 0 Å². The van der Waals surface area contributed by atoms with Gasteiger partial charge < -0.3 is 9.80 Å². The van der Waals surface area contributed by atoms with E-state index in [4.69, 9.17) is 0 Å². The topological polar surface area (TPSA) is 6.48 Å². The third kappa shape index (κ3) is 3.94. The van der Waals surface area contributed by atoms with Crippen LogP contribution >= 0.6 is 0 Å². The summed E-state index contributed by atoms with van der Waals surface area (Å²) in [6.45, 7) is 0.0405. The third-order valence-electron chi connectivity index (χ3n) is 11.8. The number of anilines is 6.